The van der Waals surface area contributed by atoms with Gasteiger partial charge >= 0.3 is 5.97 Å². The molecule has 0 N–H and O–H groups in total. The van der Waals surface area contributed by atoms with E-state index in [0.29, 0.717) is 9.66 Å². The van der Waals surface area contributed by atoms with Gasteiger partial charge in [0.15, 0.2) is 0 Å². The number of benzene rings is 2. The third kappa shape index (κ3) is 3.95. The lowest BCUT2D eigenvalue weighted by Gasteiger charge is -2.10. The average molecular weight is 417 g/mol. The molecule has 0 bridgehead atoms. The van der Waals surface area contributed by atoms with Gasteiger partial charge in [-0.15, -0.1) is 0 Å². The lowest BCUT2D eigenvalue weighted by atomic mass is 10.2. The molecular formula is C14H8BrClFNO4Si. The van der Waals surface area contributed by atoms with Crippen LogP contribution < -0.4 is 10.4 Å². The summed E-state index contributed by atoms with van der Waals surface area (Å²) < 4.78 is 18.4. The maximum Gasteiger partial charge on any atom is 0.338 e. The minimum atomic E-state index is -0.718. The van der Waals surface area contributed by atoms with Crippen LogP contribution in [0.1, 0.15) is 10.4 Å². The van der Waals surface area contributed by atoms with Crippen LogP contribution in [0.3, 0.4) is 0 Å². The van der Waals surface area contributed by atoms with E-state index in [-0.39, 0.29) is 31.0 Å². The second kappa shape index (κ2) is 7.20. The van der Waals surface area contributed by atoms with Crippen LogP contribution in [0.25, 0.3) is 0 Å². The molecule has 23 heavy (non-hydrogen) atoms. The molecule has 0 fully saturated rings. The fourth-order valence-corrected chi connectivity index (χ4v) is 3.85. The first-order chi connectivity index (χ1) is 10.8. The minimum absolute atomic E-state index is 0.0345. The van der Waals surface area contributed by atoms with E-state index in [9.17, 15) is 19.3 Å². The van der Waals surface area contributed by atoms with Crippen LogP contribution in [0.2, 0.25) is 5.02 Å². The Balaban J connectivity index is 2.65. The number of halogens is 3. The molecule has 0 aliphatic heterocycles. The molecule has 0 heterocycles. The van der Waals surface area contributed by atoms with Crippen molar-refractivity contribution < 1.29 is 18.8 Å². The quantitative estimate of drug-likeness (QED) is 0.332. The summed E-state index contributed by atoms with van der Waals surface area (Å²) in [4.78, 5) is 22.6. The highest BCUT2D eigenvalue weighted by Gasteiger charge is 2.25. The Kier molecular flexibility index (Phi) is 5.50. The Hall–Kier alpha value is -1.77. The molecule has 118 valence electrons. The van der Waals surface area contributed by atoms with Crippen molar-refractivity contribution in [3.63, 3.8) is 0 Å². The highest BCUT2D eigenvalue weighted by molar-refractivity contribution is 9.10. The van der Waals surface area contributed by atoms with E-state index < -0.39 is 16.7 Å². The van der Waals surface area contributed by atoms with Gasteiger partial charge in [0.25, 0.3) is 5.69 Å². The molecule has 2 rings (SSSR count). The van der Waals surface area contributed by atoms with E-state index in [1.807, 2.05) is 0 Å². The van der Waals surface area contributed by atoms with Gasteiger partial charge in [-0.3, -0.25) is 10.1 Å². The molecule has 0 unspecified atom stereocenters. The molecule has 0 spiro atoms. The van der Waals surface area contributed by atoms with Gasteiger partial charge in [-0.2, -0.15) is 0 Å². The Morgan fingerprint density at radius 1 is 1.39 bits per heavy atom. The molecule has 0 saturated heterocycles. The van der Waals surface area contributed by atoms with Crippen molar-refractivity contribution in [2.45, 2.75) is 0 Å². The Labute approximate surface area is 146 Å². The number of carbonyl (C=O) groups excluding carboxylic acids is 1. The van der Waals surface area contributed by atoms with Crippen LogP contribution in [-0.4, -0.2) is 27.5 Å². The lowest BCUT2D eigenvalue weighted by molar-refractivity contribution is -0.383. The van der Waals surface area contributed by atoms with Crippen molar-refractivity contribution in [3.8, 4) is 0 Å². The summed E-state index contributed by atoms with van der Waals surface area (Å²) in [6, 6.07) is 6.44. The van der Waals surface area contributed by atoms with Crippen LogP contribution in [0.4, 0.5) is 10.1 Å². The van der Waals surface area contributed by atoms with Crippen LogP contribution in [0, 0.1) is 15.9 Å². The Morgan fingerprint density at radius 3 is 2.70 bits per heavy atom. The first-order valence-corrected chi connectivity index (χ1v) is 8.29. The monoisotopic (exact) mass is 415 g/mol. The number of nitro benzene ring substituents is 1. The van der Waals surface area contributed by atoms with E-state index in [4.69, 9.17) is 11.6 Å². The maximum absolute atomic E-state index is 13.4. The third-order valence-electron chi connectivity index (χ3n) is 2.87. The van der Waals surface area contributed by atoms with Crippen molar-refractivity contribution in [3.05, 3.63) is 61.3 Å². The number of hydrogen-bond donors (Lipinski definition) is 0. The first-order valence-electron chi connectivity index (χ1n) is 6.11. The van der Waals surface area contributed by atoms with E-state index in [2.05, 4.69) is 20.7 Å². The maximum atomic E-state index is 13.4. The minimum Gasteiger partial charge on any atom is -0.465 e. The van der Waals surface area contributed by atoms with Gasteiger partial charge in [0.1, 0.15) is 15.3 Å². The van der Waals surface area contributed by atoms with Crippen LogP contribution in [0.5, 0.6) is 0 Å². The van der Waals surface area contributed by atoms with E-state index in [0.717, 1.165) is 0 Å². The van der Waals surface area contributed by atoms with Gasteiger partial charge in [0.2, 0.25) is 0 Å². The zero-order chi connectivity index (χ0) is 17.1. The number of esters is 1. The predicted octanol–water partition coefficient (Wildman–Crippen LogP) is 2.59. The number of ether oxygens (including phenoxy) is 1. The molecule has 0 aliphatic rings. The lowest BCUT2D eigenvalue weighted by Crippen LogP contribution is -2.34. The molecule has 0 saturated carbocycles. The standard InChI is InChI=1S/C14H8BrClFNO4Si/c1-22-14(19)9-4-7(15)5-11(18(20)21)13(9)23-12-6-8(17)2-3-10(12)16/h2-6H,1H3. The topological polar surface area (TPSA) is 69.4 Å². The van der Waals surface area contributed by atoms with Crippen LogP contribution >= 0.6 is 27.5 Å². The molecule has 5 nitrogen and oxygen atoms in total. The summed E-state index contributed by atoms with van der Waals surface area (Å²) in [6.07, 6.45) is 0. The van der Waals surface area contributed by atoms with Crippen molar-refractivity contribution in [2.75, 3.05) is 7.11 Å². The molecule has 0 amide bonds. The molecule has 0 aromatic heterocycles. The molecule has 2 aromatic rings. The summed E-state index contributed by atoms with van der Waals surface area (Å²) in [7, 11) is 0.797. The molecular weight excluding hydrogens is 409 g/mol. The van der Waals surface area contributed by atoms with Gasteiger partial charge in [-0.05, 0) is 29.5 Å². The van der Waals surface area contributed by atoms with Gasteiger partial charge in [-0.25, -0.2) is 9.18 Å². The number of nitrogens with zero attached hydrogens (tertiary/aromatic N) is 1. The number of hydrogen-bond acceptors (Lipinski definition) is 4. The molecule has 2 radical (unpaired) electrons. The number of nitro groups is 1. The molecule has 9 heteroatoms. The highest BCUT2D eigenvalue weighted by atomic mass is 79.9. The normalized spacial score (nSPS) is 10.4. The number of carbonyl (C=O) groups is 1. The summed E-state index contributed by atoms with van der Waals surface area (Å²) in [5.41, 5.74) is -0.231. The zero-order valence-electron chi connectivity index (χ0n) is 11.6. The van der Waals surface area contributed by atoms with E-state index >= 15 is 0 Å². The van der Waals surface area contributed by atoms with Crippen molar-refractivity contribution in [2.24, 2.45) is 0 Å². The predicted molar refractivity (Wildman–Crippen MR) is 88.6 cm³/mol. The Bertz CT molecular complexity index is 803. The summed E-state index contributed by atoms with van der Waals surface area (Å²) in [5.74, 6) is -1.24. The van der Waals surface area contributed by atoms with Crippen molar-refractivity contribution >= 4 is 59.1 Å². The fourth-order valence-electron chi connectivity index (χ4n) is 1.87. The molecule has 0 aliphatic carbocycles. The van der Waals surface area contributed by atoms with E-state index in [1.165, 1.54) is 37.4 Å². The Morgan fingerprint density at radius 2 is 2.09 bits per heavy atom. The first kappa shape index (κ1) is 17.6. The second-order valence-electron chi connectivity index (χ2n) is 4.35. The smallest absolute Gasteiger partial charge is 0.338 e. The average Bonchev–Trinajstić information content (AvgIpc) is 2.51. The van der Waals surface area contributed by atoms with Crippen molar-refractivity contribution in [1.82, 2.24) is 0 Å². The summed E-state index contributed by atoms with van der Waals surface area (Å²) >= 11 is 9.15. The molecule has 2 aromatic carbocycles. The SMILES string of the molecule is COC(=O)c1cc(Br)cc([N+](=O)[O-])c1[Si]c1cc(F)ccc1Cl. The van der Waals surface area contributed by atoms with Crippen LogP contribution in [-0.2, 0) is 4.74 Å². The van der Waals surface area contributed by atoms with Gasteiger partial charge in [0, 0.05) is 20.7 Å². The summed E-state index contributed by atoms with van der Waals surface area (Å²) in [6.45, 7) is 0. The fraction of sp³-hybridized carbons (Fsp3) is 0.0714. The number of methoxy groups -OCH3 is 1. The van der Waals surface area contributed by atoms with E-state index in [1.54, 1.807) is 0 Å². The van der Waals surface area contributed by atoms with Gasteiger partial charge in [-0.1, -0.05) is 27.5 Å². The summed E-state index contributed by atoms with van der Waals surface area (Å²) in [5, 5.41) is 12.1. The van der Waals surface area contributed by atoms with Crippen molar-refractivity contribution in [1.29, 1.82) is 0 Å². The number of rotatable bonds is 4. The second-order valence-corrected chi connectivity index (χ2v) is 6.96. The third-order valence-corrected chi connectivity index (χ3v) is 5.28. The van der Waals surface area contributed by atoms with Crippen LogP contribution in [0.15, 0.2) is 34.8 Å². The molecule has 0 atom stereocenters. The highest BCUT2D eigenvalue weighted by Crippen LogP contribution is 2.20. The largest absolute Gasteiger partial charge is 0.465 e. The van der Waals surface area contributed by atoms with Gasteiger partial charge < -0.3 is 4.74 Å². The zero-order valence-corrected chi connectivity index (χ0v) is 14.9. The van der Waals surface area contributed by atoms with Gasteiger partial charge in [0.05, 0.1) is 17.6 Å².